The Kier molecular flexibility index (Phi) is 3.56. The first-order chi connectivity index (χ1) is 12.4. The van der Waals surface area contributed by atoms with Gasteiger partial charge in [-0.15, -0.1) is 0 Å². The molecule has 0 saturated carbocycles. The van der Waals surface area contributed by atoms with Crippen molar-refractivity contribution in [3.8, 4) is 0 Å². The van der Waals surface area contributed by atoms with Crippen LogP contribution in [-0.4, -0.2) is 5.96 Å². The molecule has 3 aromatic rings. The third kappa shape index (κ3) is 2.63. The number of para-hydroxylation sites is 1. The topological polar surface area (TPSA) is 36.4 Å². The van der Waals surface area contributed by atoms with E-state index in [-0.39, 0.29) is 6.04 Å². The summed E-state index contributed by atoms with van der Waals surface area (Å²) in [4.78, 5) is 5.00. The molecule has 2 heterocycles. The van der Waals surface area contributed by atoms with E-state index in [1.165, 1.54) is 22.3 Å². The van der Waals surface area contributed by atoms with Gasteiger partial charge in [0.05, 0.1) is 6.04 Å². The van der Waals surface area contributed by atoms with Gasteiger partial charge >= 0.3 is 0 Å². The minimum atomic E-state index is 0.0582. The predicted octanol–water partition coefficient (Wildman–Crippen LogP) is 4.90. The summed E-state index contributed by atoms with van der Waals surface area (Å²) < 4.78 is 0. The smallest absolute Gasteiger partial charge is 0.197 e. The largest absolute Gasteiger partial charge is 0.349 e. The van der Waals surface area contributed by atoms with E-state index in [4.69, 9.17) is 4.99 Å². The number of nitrogens with one attached hydrogen (secondary N) is 2. The van der Waals surface area contributed by atoms with Crippen LogP contribution in [0.2, 0.25) is 0 Å². The summed E-state index contributed by atoms with van der Waals surface area (Å²) >= 11 is 1.72. The van der Waals surface area contributed by atoms with E-state index >= 15 is 0 Å². The lowest BCUT2D eigenvalue weighted by atomic mass is 9.98. The number of rotatable bonds is 2. The van der Waals surface area contributed by atoms with E-state index in [1.807, 2.05) is 0 Å². The standard InChI is InChI=1S/C21H19N3S/c1-2-6-16-14(5-1)9-10-19(16)23-21-22-18-8-4-3-7-17(18)20(24-21)15-11-12-25-13-15/h1-8,11-13,19-20H,9-10H2,(H2,22,23,24)/t19?,20-/m0/s1. The number of anilines is 1. The van der Waals surface area contributed by atoms with Gasteiger partial charge in [0.2, 0.25) is 0 Å². The van der Waals surface area contributed by atoms with Gasteiger partial charge in [0.1, 0.15) is 6.04 Å². The summed E-state index contributed by atoms with van der Waals surface area (Å²) in [7, 11) is 0. The Balaban J connectivity index is 1.48. The Morgan fingerprint density at radius 2 is 1.84 bits per heavy atom. The maximum atomic E-state index is 5.00. The fourth-order valence-electron chi connectivity index (χ4n) is 3.84. The molecule has 5 rings (SSSR count). The fourth-order valence-corrected chi connectivity index (χ4v) is 4.52. The van der Waals surface area contributed by atoms with Gasteiger partial charge in [-0.2, -0.15) is 11.3 Å². The molecule has 3 nitrogen and oxygen atoms in total. The zero-order chi connectivity index (χ0) is 16.6. The molecule has 1 aliphatic carbocycles. The van der Waals surface area contributed by atoms with Crippen LogP contribution in [0.15, 0.2) is 70.3 Å². The molecule has 25 heavy (non-hydrogen) atoms. The lowest BCUT2D eigenvalue weighted by molar-refractivity contribution is 0.633. The summed E-state index contributed by atoms with van der Waals surface area (Å²) in [6.45, 7) is 0. The van der Waals surface area contributed by atoms with Crippen molar-refractivity contribution in [3.05, 3.63) is 87.6 Å². The lowest BCUT2D eigenvalue weighted by Crippen LogP contribution is -2.36. The molecule has 4 heteroatoms. The van der Waals surface area contributed by atoms with Crippen LogP contribution in [0.5, 0.6) is 0 Å². The zero-order valence-corrected chi connectivity index (χ0v) is 14.6. The number of aryl methyl sites for hydroxylation is 1. The molecule has 0 radical (unpaired) electrons. The SMILES string of the molecule is c1ccc2c(c1)CCC2NC1=N[C@@H](c2ccsc2)c2ccccc2N1. The first-order valence-electron chi connectivity index (χ1n) is 8.69. The fraction of sp³-hybridized carbons (Fsp3) is 0.190. The average Bonchev–Trinajstić information content (AvgIpc) is 3.32. The number of hydrogen-bond donors (Lipinski definition) is 2. The number of hydrogen-bond acceptors (Lipinski definition) is 4. The van der Waals surface area contributed by atoms with Crippen molar-refractivity contribution in [2.45, 2.75) is 24.9 Å². The Labute approximate surface area is 151 Å². The molecule has 0 amide bonds. The second-order valence-corrected chi connectivity index (χ2v) is 7.36. The molecule has 1 unspecified atom stereocenters. The van der Waals surface area contributed by atoms with Crippen molar-refractivity contribution in [1.82, 2.24) is 5.32 Å². The second kappa shape index (κ2) is 6.05. The number of thiophene rings is 1. The van der Waals surface area contributed by atoms with Crippen LogP contribution < -0.4 is 10.6 Å². The minimum Gasteiger partial charge on any atom is -0.349 e. The molecule has 0 saturated heterocycles. The molecule has 2 N–H and O–H groups in total. The van der Waals surface area contributed by atoms with Gasteiger partial charge in [-0.3, -0.25) is 0 Å². The first kappa shape index (κ1) is 14.7. The van der Waals surface area contributed by atoms with E-state index in [9.17, 15) is 0 Å². The van der Waals surface area contributed by atoms with Crippen LogP contribution in [0.25, 0.3) is 0 Å². The molecule has 2 aliphatic rings. The summed E-state index contributed by atoms with van der Waals surface area (Å²) in [6.07, 6.45) is 2.25. The monoisotopic (exact) mass is 345 g/mol. The third-order valence-corrected chi connectivity index (χ3v) is 5.77. The van der Waals surface area contributed by atoms with Crippen LogP contribution in [-0.2, 0) is 6.42 Å². The summed E-state index contributed by atoms with van der Waals surface area (Å²) in [5.41, 5.74) is 6.48. The number of aliphatic imine (C=N–C) groups is 1. The summed E-state index contributed by atoms with van der Waals surface area (Å²) in [5, 5.41) is 11.5. The normalized spacial score (nSPS) is 21.0. The first-order valence-corrected chi connectivity index (χ1v) is 9.63. The zero-order valence-electron chi connectivity index (χ0n) is 13.8. The number of guanidine groups is 1. The summed E-state index contributed by atoms with van der Waals surface area (Å²) in [5.74, 6) is 0.872. The van der Waals surface area contributed by atoms with Crippen LogP contribution in [0.1, 0.15) is 40.8 Å². The maximum Gasteiger partial charge on any atom is 0.197 e. The predicted molar refractivity (Wildman–Crippen MR) is 104 cm³/mol. The number of fused-ring (bicyclic) bond motifs is 2. The van der Waals surface area contributed by atoms with Crippen molar-refractivity contribution in [2.75, 3.05) is 5.32 Å². The van der Waals surface area contributed by atoms with Crippen LogP contribution in [0, 0.1) is 0 Å². The van der Waals surface area contributed by atoms with Crippen LogP contribution >= 0.6 is 11.3 Å². The highest BCUT2D eigenvalue weighted by atomic mass is 32.1. The van der Waals surface area contributed by atoms with Crippen molar-refractivity contribution >= 4 is 23.0 Å². The van der Waals surface area contributed by atoms with Crippen molar-refractivity contribution < 1.29 is 0 Å². The van der Waals surface area contributed by atoms with Gasteiger partial charge in [-0.05, 0) is 52.4 Å². The van der Waals surface area contributed by atoms with E-state index < -0.39 is 0 Å². The molecule has 124 valence electrons. The third-order valence-electron chi connectivity index (χ3n) is 5.07. The molecule has 0 bridgehead atoms. The van der Waals surface area contributed by atoms with Gasteiger partial charge < -0.3 is 10.6 Å². The van der Waals surface area contributed by atoms with Crippen molar-refractivity contribution in [2.24, 2.45) is 4.99 Å². The Hall–Kier alpha value is -2.59. The van der Waals surface area contributed by atoms with Crippen LogP contribution in [0.4, 0.5) is 5.69 Å². The van der Waals surface area contributed by atoms with Gasteiger partial charge in [0.25, 0.3) is 0 Å². The molecular weight excluding hydrogens is 326 g/mol. The highest BCUT2D eigenvalue weighted by Gasteiger charge is 2.27. The quantitative estimate of drug-likeness (QED) is 0.693. The van der Waals surface area contributed by atoms with Gasteiger partial charge in [0, 0.05) is 11.3 Å². The number of benzene rings is 2. The van der Waals surface area contributed by atoms with E-state index in [0.717, 1.165) is 24.5 Å². The Bertz CT molecular complexity index is 930. The van der Waals surface area contributed by atoms with E-state index in [1.54, 1.807) is 11.3 Å². The highest BCUT2D eigenvalue weighted by molar-refractivity contribution is 7.08. The van der Waals surface area contributed by atoms with Crippen molar-refractivity contribution in [3.63, 3.8) is 0 Å². The lowest BCUT2D eigenvalue weighted by Gasteiger charge is -2.27. The van der Waals surface area contributed by atoms with E-state index in [2.05, 4.69) is 76.0 Å². The molecule has 1 aromatic heterocycles. The van der Waals surface area contributed by atoms with Gasteiger partial charge in [-0.25, -0.2) is 4.99 Å². The molecule has 0 fully saturated rings. The van der Waals surface area contributed by atoms with Crippen LogP contribution in [0.3, 0.4) is 0 Å². The van der Waals surface area contributed by atoms with Crippen molar-refractivity contribution in [1.29, 1.82) is 0 Å². The van der Waals surface area contributed by atoms with Gasteiger partial charge in [0.15, 0.2) is 5.96 Å². The summed E-state index contributed by atoms with van der Waals surface area (Å²) in [6, 6.07) is 19.7. The second-order valence-electron chi connectivity index (χ2n) is 6.58. The van der Waals surface area contributed by atoms with E-state index in [0.29, 0.717) is 6.04 Å². The van der Waals surface area contributed by atoms with Gasteiger partial charge in [-0.1, -0.05) is 42.5 Å². The Morgan fingerprint density at radius 3 is 2.72 bits per heavy atom. The molecular formula is C21H19N3S. The average molecular weight is 345 g/mol. The molecule has 1 aliphatic heterocycles. The minimum absolute atomic E-state index is 0.0582. The molecule has 2 aromatic carbocycles. The Morgan fingerprint density at radius 1 is 1.00 bits per heavy atom. The highest BCUT2D eigenvalue weighted by Crippen LogP contribution is 2.36. The maximum absolute atomic E-state index is 5.00. The molecule has 2 atom stereocenters. The molecule has 0 spiro atoms. The number of nitrogens with zero attached hydrogens (tertiary/aromatic N) is 1.